The summed E-state index contributed by atoms with van der Waals surface area (Å²) in [5.74, 6) is 1.14. The van der Waals surface area contributed by atoms with E-state index in [1.807, 2.05) is 11.0 Å². The van der Waals surface area contributed by atoms with Gasteiger partial charge in [0, 0.05) is 32.6 Å². The van der Waals surface area contributed by atoms with Gasteiger partial charge in [-0.2, -0.15) is 0 Å². The molecule has 1 saturated carbocycles. The SMILES string of the molecule is CC(=O)Nc1nc(Cl)c(-c2cc3c(c(N4CCOCC4)n2)C(=O)N([C@@H](C)C2CC2)C3)s1. The molecule has 31 heavy (non-hydrogen) atoms. The number of anilines is 2. The molecule has 2 aliphatic heterocycles. The molecule has 2 fully saturated rings. The lowest BCUT2D eigenvalue weighted by Crippen LogP contribution is -2.39. The number of pyridine rings is 1. The van der Waals surface area contributed by atoms with Crippen LogP contribution in [0, 0.1) is 5.92 Å². The number of aromatic nitrogens is 2. The first kappa shape index (κ1) is 20.7. The van der Waals surface area contributed by atoms with Gasteiger partial charge in [0.15, 0.2) is 10.3 Å². The third kappa shape index (κ3) is 3.90. The van der Waals surface area contributed by atoms with Crippen LogP contribution in [0.4, 0.5) is 10.9 Å². The van der Waals surface area contributed by atoms with Crippen LogP contribution in [0.3, 0.4) is 0 Å². The highest BCUT2D eigenvalue weighted by atomic mass is 35.5. The van der Waals surface area contributed by atoms with E-state index in [9.17, 15) is 9.59 Å². The van der Waals surface area contributed by atoms with E-state index in [1.54, 1.807) is 0 Å². The Hall–Kier alpha value is -2.23. The number of carbonyl (C=O) groups is 2. The number of morpholine rings is 1. The van der Waals surface area contributed by atoms with Crippen molar-refractivity contribution in [2.45, 2.75) is 39.3 Å². The fourth-order valence-electron chi connectivity index (χ4n) is 4.29. The second-order valence-electron chi connectivity index (χ2n) is 8.30. The van der Waals surface area contributed by atoms with Gasteiger partial charge in [-0.3, -0.25) is 9.59 Å². The van der Waals surface area contributed by atoms with Gasteiger partial charge < -0.3 is 19.9 Å². The predicted molar refractivity (Wildman–Crippen MR) is 120 cm³/mol. The predicted octanol–water partition coefficient (Wildman–Crippen LogP) is 3.41. The van der Waals surface area contributed by atoms with E-state index in [1.165, 1.54) is 31.1 Å². The van der Waals surface area contributed by atoms with Crippen LogP contribution < -0.4 is 10.2 Å². The number of hydrogen-bond acceptors (Lipinski definition) is 7. The Bertz CT molecular complexity index is 1050. The van der Waals surface area contributed by atoms with Crippen molar-refractivity contribution in [1.82, 2.24) is 14.9 Å². The number of amides is 2. The molecule has 0 spiro atoms. The van der Waals surface area contributed by atoms with E-state index in [0.29, 0.717) is 71.0 Å². The Morgan fingerprint density at radius 1 is 1.32 bits per heavy atom. The van der Waals surface area contributed by atoms with Gasteiger partial charge in [0.1, 0.15) is 5.82 Å². The summed E-state index contributed by atoms with van der Waals surface area (Å²) in [6.07, 6.45) is 2.37. The molecule has 1 aliphatic carbocycles. The third-order valence-electron chi connectivity index (χ3n) is 6.11. The smallest absolute Gasteiger partial charge is 0.258 e. The maximum Gasteiger partial charge on any atom is 0.258 e. The summed E-state index contributed by atoms with van der Waals surface area (Å²) in [4.78, 5) is 38.8. The summed E-state index contributed by atoms with van der Waals surface area (Å²) < 4.78 is 5.51. The Balaban J connectivity index is 1.57. The van der Waals surface area contributed by atoms with Crippen molar-refractivity contribution in [1.29, 1.82) is 0 Å². The number of thiazole rings is 1. The number of fused-ring (bicyclic) bond motifs is 1. The molecular weight excluding hydrogens is 438 g/mol. The molecule has 0 bridgehead atoms. The van der Waals surface area contributed by atoms with Crippen molar-refractivity contribution in [2.75, 3.05) is 36.5 Å². The molecule has 1 saturated heterocycles. The van der Waals surface area contributed by atoms with Gasteiger partial charge in [0.05, 0.1) is 29.3 Å². The van der Waals surface area contributed by atoms with Crippen molar-refractivity contribution in [3.8, 4) is 10.6 Å². The van der Waals surface area contributed by atoms with E-state index in [-0.39, 0.29) is 17.9 Å². The number of rotatable bonds is 5. The van der Waals surface area contributed by atoms with E-state index in [2.05, 4.69) is 22.1 Å². The Kier molecular flexibility index (Phi) is 5.35. The minimum atomic E-state index is -0.205. The molecule has 2 aromatic heterocycles. The number of carbonyl (C=O) groups excluding carboxylic acids is 2. The van der Waals surface area contributed by atoms with Crippen molar-refractivity contribution in [2.24, 2.45) is 5.92 Å². The minimum absolute atomic E-state index is 0.0595. The van der Waals surface area contributed by atoms with Gasteiger partial charge in [-0.25, -0.2) is 9.97 Å². The monoisotopic (exact) mass is 461 g/mol. The summed E-state index contributed by atoms with van der Waals surface area (Å²) in [6, 6.07) is 2.17. The van der Waals surface area contributed by atoms with Gasteiger partial charge in [0.25, 0.3) is 5.91 Å². The molecule has 0 radical (unpaired) electrons. The maximum absolute atomic E-state index is 13.4. The van der Waals surface area contributed by atoms with E-state index >= 15 is 0 Å². The second-order valence-corrected chi connectivity index (χ2v) is 9.65. The standard InChI is InChI=1S/C21H24ClN5O3S/c1-11(13-3-4-13)27-10-14-9-15(17-18(22)25-21(31-17)23-12(2)28)24-19(16(14)20(27)29)26-5-7-30-8-6-26/h9,11,13H,3-8,10H2,1-2H3,(H,23,25,28)/t11-/m0/s1. The zero-order chi connectivity index (χ0) is 21.7. The quantitative estimate of drug-likeness (QED) is 0.734. The van der Waals surface area contributed by atoms with Crippen LogP contribution in [0.15, 0.2) is 6.07 Å². The molecule has 5 rings (SSSR count). The fourth-order valence-corrected chi connectivity index (χ4v) is 5.50. The lowest BCUT2D eigenvalue weighted by molar-refractivity contribution is -0.114. The molecule has 1 N–H and O–H groups in total. The van der Waals surface area contributed by atoms with Crippen LogP contribution in [0.2, 0.25) is 5.15 Å². The molecule has 8 nitrogen and oxygen atoms in total. The Morgan fingerprint density at radius 2 is 2.06 bits per heavy atom. The van der Waals surface area contributed by atoms with Gasteiger partial charge in [-0.15, -0.1) is 0 Å². The number of halogens is 1. The number of nitrogens with one attached hydrogen (secondary N) is 1. The van der Waals surface area contributed by atoms with Crippen LogP contribution in [-0.4, -0.2) is 59.0 Å². The first-order valence-electron chi connectivity index (χ1n) is 10.5. The Morgan fingerprint density at radius 3 is 2.74 bits per heavy atom. The Labute approximate surface area is 189 Å². The molecule has 4 heterocycles. The number of hydrogen-bond donors (Lipinski definition) is 1. The molecule has 164 valence electrons. The van der Waals surface area contributed by atoms with Gasteiger partial charge in [0.2, 0.25) is 5.91 Å². The molecule has 1 atom stereocenters. The van der Waals surface area contributed by atoms with Crippen molar-refractivity contribution < 1.29 is 14.3 Å². The van der Waals surface area contributed by atoms with Crippen LogP contribution >= 0.6 is 22.9 Å². The van der Waals surface area contributed by atoms with Crippen LogP contribution in [0.5, 0.6) is 0 Å². The summed E-state index contributed by atoms with van der Waals surface area (Å²) in [5, 5.41) is 3.41. The molecule has 10 heteroatoms. The highest BCUT2D eigenvalue weighted by Crippen LogP contribution is 2.43. The third-order valence-corrected chi connectivity index (χ3v) is 7.48. The summed E-state index contributed by atoms with van der Waals surface area (Å²) in [5.41, 5.74) is 2.34. The summed E-state index contributed by atoms with van der Waals surface area (Å²) >= 11 is 7.69. The zero-order valence-electron chi connectivity index (χ0n) is 17.5. The molecule has 3 aliphatic rings. The highest BCUT2D eigenvalue weighted by molar-refractivity contribution is 7.19. The van der Waals surface area contributed by atoms with Crippen LogP contribution in [0.25, 0.3) is 10.6 Å². The minimum Gasteiger partial charge on any atom is -0.378 e. The van der Waals surface area contributed by atoms with E-state index in [0.717, 1.165) is 5.56 Å². The molecule has 2 amide bonds. The molecule has 0 unspecified atom stereocenters. The van der Waals surface area contributed by atoms with Crippen LogP contribution in [0.1, 0.15) is 42.6 Å². The van der Waals surface area contributed by atoms with Gasteiger partial charge in [-0.05, 0) is 37.3 Å². The van der Waals surface area contributed by atoms with Crippen LogP contribution in [-0.2, 0) is 16.1 Å². The first-order valence-corrected chi connectivity index (χ1v) is 11.7. The molecule has 0 aromatic carbocycles. The van der Waals surface area contributed by atoms with Crippen molar-refractivity contribution >= 4 is 45.7 Å². The summed E-state index contributed by atoms with van der Waals surface area (Å²) in [6.45, 7) is 6.72. The maximum atomic E-state index is 13.4. The number of nitrogens with zero attached hydrogens (tertiary/aromatic N) is 4. The van der Waals surface area contributed by atoms with Gasteiger partial charge in [-0.1, -0.05) is 22.9 Å². The molecule has 2 aromatic rings. The van der Waals surface area contributed by atoms with Crippen molar-refractivity contribution in [3.63, 3.8) is 0 Å². The zero-order valence-corrected chi connectivity index (χ0v) is 19.1. The number of ether oxygens (including phenoxy) is 1. The normalized spacial score (nSPS) is 19.5. The highest BCUT2D eigenvalue weighted by Gasteiger charge is 2.41. The average Bonchev–Trinajstić information content (AvgIpc) is 3.46. The lowest BCUT2D eigenvalue weighted by Gasteiger charge is -2.29. The summed E-state index contributed by atoms with van der Waals surface area (Å²) in [7, 11) is 0. The average molecular weight is 462 g/mol. The van der Waals surface area contributed by atoms with E-state index in [4.69, 9.17) is 21.3 Å². The van der Waals surface area contributed by atoms with Crippen molar-refractivity contribution in [3.05, 3.63) is 22.3 Å². The topological polar surface area (TPSA) is 87.7 Å². The fraction of sp³-hybridized carbons (Fsp3) is 0.524. The largest absolute Gasteiger partial charge is 0.378 e. The molecular formula is C21H24ClN5O3S. The van der Waals surface area contributed by atoms with Gasteiger partial charge >= 0.3 is 0 Å². The second kappa shape index (κ2) is 8.03. The van der Waals surface area contributed by atoms with E-state index < -0.39 is 0 Å². The lowest BCUT2D eigenvalue weighted by atomic mass is 10.1. The first-order chi connectivity index (χ1) is 14.9.